The van der Waals surface area contributed by atoms with Gasteiger partial charge in [0.25, 0.3) is 11.5 Å². The number of nitrogens with one attached hydrogen (secondary N) is 2. The molecule has 1 amide bonds. The third-order valence-corrected chi connectivity index (χ3v) is 3.04. The lowest BCUT2D eigenvalue weighted by Gasteiger charge is -2.11. The Kier molecular flexibility index (Phi) is 5.37. The lowest BCUT2D eigenvalue weighted by atomic mass is 10.2. The van der Waals surface area contributed by atoms with Crippen LogP contribution in [0.25, 0.3) is 0 Å². The highest BCUT2D eigenvalue weighted by molar-refractivity contribution is 5.93. The summed E-state index contributed by atoms with van der Waals surface area (Å²) < 4.78 is 1.44. The fourth-order valence-electron chi connectivity index (χ4n) is 1.94. The van der Waals surface area contributed by atoms with Gasteiger partial charge in [0.2, 0.25) is 0 Å². The van der Waals surface area contributed by atoms with E-state index in [0.717, 1.165) is 19.4 Å². The molecule has 1 aromatic heterocycles. The number of nitrogens with zero attached hydrogens (tertiary/aromatic N) is 1. The molecule has 0 radical (unpaired) electrons. The monoisotopic (exact) mass is 271 g/mol. The molecule has 1 saturated heterocycles. The van der Waals surface area contributed by atoms with E-state index in [1.807, 2.05) is 0 Å². The molecular formula is C12H18ClN3O2. The third-order valence-electron chi connectivity index (χ3n) is 3.04. The second-order valence-electron chi connectivity index (χ2n) is 4.37. The zero-order valence-corrected chi connectivity index (χ0v) is 11.1. The minimum absolute atomic E-state index is 0. The number of hydrogen-bond acceptors (Lipinski definition) is 3. The zero-order valence-electron chi connectivity index (χ0n) is 10.3. The second-order valence-corrected chi connectivity index (χ2v) is 4.37. The van der Waals surface area contributed by atoms with Crippen LogP contribution in [-0.2, 0) is 7.05 Å². The van der Waals surface area contributed by atoms with Crippen molar-refractivity contribution < 1.29 is 4.79 Å². The summed E-state index contributed by atoms with van der Waals surface area (Å²) in [6.45, 7) is 1.64. The molecule has 2 heterocycles. The molecule has 2 rings (SSSR count). The molecule has 1 unspecified atom stereocenters. The summed E-state index contributed by atoms with van der Waals surface area (Å²) in [6, 6.07) is 3.38. The van der Waals surface area contributed by atoms with Crippen molar-refractivity contribution in [1.82, 2.24) is 15.2 Å². The van der Waals surface area contributed by atoms with Gasteiger partial charge in [-0.3, -0.25) is 9.59 Å². The van der Waals surface area contributed by atoms with Crippen molar-refractivity contribution in [1.29, 1.82) is 0 Å². The number of carbonyl (C=O) groups is 1. The van der Waals surface area contributed by atoms with Crippen LogP contribution in [0.5, 0.6) is 0 Å². The Hall–Kier alpha value is -1.33. The molecular weight excluding hydrogens is 254 g/mol. The molecule has 5 nitrogen and oxygen atoms in total. The molecule has 0 spiro atoms. The van der Waals surface area contributed by atoms with Crippen molar-refractivity contribution in [2.75, 3.05) is 13.1 Å². The van der Waals surface area contributed by atoms with Gasteiger partial charge >= 0.3 is 0 Å². The fourth-order valence-corrected chi connectivity index (χ4v) is 1.94. The Labute approximate surface area is 112 Å². The largest absolute Gasteiger partial charge is 0.350 e. The lowest BCUT2D eigenvalue weighted by Crippen LogP contribution is -2.37. The number of hydrogen-bond donors (Lipinski definition) is 2. The molecule has 18 heavy (non-hydrogen) atoms. The van der Waals surface area contributed by atoms with E-state index in [1.54, 1.807) is 19.3 Å². The van der Waals surface area contributed by atoms with Gasteiger partial charge in [0.1, 0.15) is 0 Å². The van der Waals surface area contributed by atoms with Gasteiger partial charge in [-0.25, -0.2) is 0 Å². The first-order valence-corrected chi connectivity index (χ1v) is 5.85. The van der Waals surface area contributed by atoms with Crippen LogP contribution in [0.15, 0.2) is 23.1 Å². The fraction of sp³-hybridized carbons (Fsp3) is 0.500. The maximum absolute atomic E-state index is 11.8. The molecule has 6 heteroatoms. The molecule has 1 atom stereocenters. The third kappa shape index (κ3) is 3.58. The number of halogens is 1. The van der Waals surface area contributed by atoms with Crippen LogP contribution in [0.2, 0.25) is 0 Å². The van der Waals surface area contributed by atoms with Gasteiger partial charge in [-0.15, -0.1) is 12.4 Å². The highest BCUT2D eigenvalue weighted by atomic mass is 35.5. The van der Waals surface area contributed by atoms with E-state index in [9.17, 15) is 9.59 Å². The first kappa shape index (κ1) is 14.7. The van der Waals surface area contributed by atoms with Crippen molar-refractivity contribution in [2.24, 2.45) is 7.05 Å². The summed E-state index contributed by atoms with van der Waals surface area (Å²) in [5, 5.41) is 6.14. The number of aromatic nitrogens is 1. The van der Waals surface area contributed by atoms with Crippen molar-refractivity contribution in [3.8, 4) is 0 Å². The lowest BCUT2D eigenvalue weighted by molar-refractivity contribution is 0.0950. The van der Waals surface area contributed by atoms with Crippen molar-refractivity contribution in [2.45, 2.75) is 18.9 Å². The molecule has 1 aromatic rings. The first-order chi connectivity index (χ1) is 8.16. The Morgan fingerprint density at radius 3 is 3.00 bits per heavy atom. The Bertz CT molecular complexity index is 467. The average molecular weight is 272 g/mol. The SMILES string of the molecule is Cl.Cn1ccc(C(=O)NCC2CCCN2)cc1=O. The van der Waals surface area contributed by atoms with Gasteiger partial charge in [-0.2, -0.15) is 0 Å². The molecule has 100 valence electrons. The summed E-state index contributed by atoms with van der Waals surface area (Å²) in [5.41, 5.74) is 0.253. The van der Waals surface area contributed by atoms with E-state index >= 15 is 0 Å². The molecule has 1 aliphatic rings. The predicted molar refractivity (Wildman–Crippen MR) is 72.3 cm³/mol. The number of pyridine rings is 1. The molecule has 2 N–H and O–H groups in total. The minimum Gasteiger partial charge on any atom is -0.350 e. The van der Waals surface area contributed by atoms with E-state index in [2.05, 4.69) is 10.6 Å². The molecule has 1 fully saturated rings. The summed E-state index contributed by atoms with van der Waals surface area (Å²) >= 11 is 0. The summed E-state index contributed by atoms with van der Waals surface area (Å²) in [6.07, 6.45) is 3.86. The van der Waals surface area contributed by atoms with Crippen LogP contribution in [0, 0.1) is 0 Å². The standard InChI is InChI=1S/C12H17N3O2.ClH/c1-15-6-4-9(7-11(15)16)12(17)14-8-10-3-2-5-13-10;/h4,6-7,10,13H,2-3,5,8H2,1H3,(H,14,17);1H. The van der Waals surface area contributed by atoms with Gasteiger partial charge in [0.15, 0.2) is 0 Å². The van der Waals surface area contributed by atoms with E-state index in [1.165, 1.54) is 10.6 Å². The number of amides is 1. The van der Waals surface area contributed by atoms with Crippen LogP contribution in [0.1, 0.15) is 23.2 Å². The average Bonchev–Trinajstić information content (AvgIpc) is 2.82. The van der Waals surface area contributed by atoms with Crippen molar-refractivity contribution in [3.05, 3.63) is 34.2 Å². The van der Waals surface area contributed by atoms with E-state index in [4.69, 9.17) is 0 Å². The van der Waals surface area contributed by atoms with E-state index in [-0.39, 0.29) is 23.9 Å². The van der Waals surface area contributed by atoms with Crippen LogP contribution in [0.3, 0.4) is 0 Å². The van der Waals surface area contributed by atoms with Gasteiger partial charge < -0.3 is 15.2 Å². The number of aryl methyl sites for hydroxylation is 1. The van der Waals surface area contributed by atoms with E-state index < -0.39 is 0 Å². The summed E-state index contributed by atoms with van der Waals surface area (Å²) in [7, 11) is 1.66. The maximum Gasteiger partial charge on any atom is 0.251 e. The second kappa shape index (κ2) is 6.56. The van der Waals surface area contributed by atoms with Crippen molar-refractivity contribution in [3.63, 3.8) is 0 Å². The minimum atomic E-state index is -0.184. The molecule has 0 aliphatic carbocycles. The molecule has 1 aliphatic heterocycles. The Morgan fingerprint density at radius 2 is 2.39 bits per heavy atom. The quantitative estimate of drug-likeness (QED) is 0.831. The molecule has 0 bridgehead atoms. The zero-order chi connectivity index (χ0) is 12.3. The smallest absolute Gasteiger partial charge is 0.251 e. The van der Waals surface area contributed by atoms with Gasteiger partial charge in [-0.1, -0.05) is 0 Å². The van der Waals surface area contributed by atoms with Crippen LogP contribution in [0.4, 0.5) is 0 Å². The van der Waals surface area contributed by atoms with Gasteiger partial charge in [-0.05, 0) is 25.5 Å². The highest BCUT2D eigenvalue weighted by Gasteiger charge is 2.15. The summed E-state index contributed by atoms with van der Waals surface area (Å²) in [5.74, 6) is -0.184. The topological polar surface area (TPSA) is 63.1 Å². The highest BCUT2D eigenvalue weighted by Crippen LogP contribution is 2.03. The van der Waals surface area contributed by atoms with Gasteiger partial charge in [0.05, 0.1) is 0 Å². The van der Waals surface area contributed by atoms with Gasteiger partial charge in [0, 0.05) is 37.5 Å². The molecule has 0 aromatic carbocycles. The summed E-state index contributed by atoms with van der Waals surface area (Å²) in [4.78, 5) is 23.2. The van der Waals surface area contributed by atoms with Crippen LogP contribution in [-0.4, -0.2) is 29.6 Å². The normalized spacial score (nSPS) is 18.2. The van der Waals surface area contributed by atoms with Crippen LogP contribution >= 0.6 is 12.4 Å². The van der Waals surface area contributed by atoms with Crippen LogP contribution < -0.4 is 16.2 Å². The Morgan fingerprint density at radius 1 is 1.61 bits per heavy atom. The number of carbonyl (C=O) groups excluding carboxylic acids is 1. The Balaban J connectivity index is 0.00000162. The number of rotatable bonds is 3. The van der Waals surface area contributed by atoms with Crippen molar-refractivity contribution >= 4 is 18.3 Å². The maximum atomic E-state index is 11.8. The first-order valence-electron chi connectivity index (χ1n) is 5.85. The van der Waals surface area contributed by atoms with E-state index in [0.29, 0.717) is 18.2 Å². The predicted octanol–water partition coefficient (Wildman–Crippen LogP) is 0.289. The molecule has 0 saturated carbocycles.